The van der Waals surface area contributed by atoms with E-state index in [9.17, 15) is 4.79 Å². The van der Waals surface area contributed by atoms with Gasteiger partial charge in [0.1, 0.15) is 4.88 Å². The van der Waals surface area contributed by atoms with Crippen molar-refractivity contribution < 1.29 is 9.90 Å². The molecule has 1 heterocycles. The maximum absolute atomic E-state index is 12.2. The van der Waals surface area contributed by atoms with E-state index in [1.807, 2.05) is 11.4 Å². The van der Waals surface area contributed by atoms with Gasteiger partial charge in [0, 0.05) is 18.0 Å². The van der Waals surface area contributed by atoms with Crippen LogP contribution in [0, 0.1) is 17.8 Å². The average Bonchev–Trinajstić information content (AvgIpc) is 2.75. The molecule has 1 aliphatic carbocycles. The van der Waals surface area contributed by atoms with Gasteiger partial charge < -0.3 is 10.4 Å². The summed E-state index contributed by atoms with van der Waals surface area (Å²) in [6, 6.07) is 2.10. The molecule has 1 fully saturated rings. The third kappa shape index (κ3) is 3.59. The van der Waals surface area contributed by atoms with Gasteiger partial charge in [-0.25, -0.2) is 0 Å². The molecule has 3 nitrogen and oxygen atoms in total. The molecule has 1 aromatic rings. The van der Waals surface area contributed by atoms with E-state index in [4.69, 9.17) is 5.11 Å². The van der Waals surface area contributed by atoms with Gasteiger partial charge in [0.05, 0.1) is 6.61 Å². The maximum Gasteiger partial charge on any atom is 0.262 e. The van der Waals surface area contributed by atoms with E-state index in [1.54, 1.807) is 0 Å². The highest BCUT2D eigenvalue weighted by Crippen LogP contribution is 2.29. The quantitative estimate of drug-likeness (QED) is 0.830. The molecule has 2 rings (SSSR count). The van der Waals surface area contributed by atoms with Crippen LogP contribution in [-0.2, 0) is 0 Å². The summed E-state index contributed by atoms with van der Waals surface area (Å²) in [6.45, 7) is 2.13. The summed E-state index contributed by atoms with van der Waals surface area (Å²) >= 11 is 1.42. The highest BCUT2D eigenvalue weighted by atomic mass is 32.1. The van der Waals surface area contributed by atoms with Crippen molar-refractivity contribution in [2.24, 2.45) is 5.92 Å². The van der Waals surface area contributed by atoms with Crippen molar-refractivity contribution >= 4 is 17.2 Å². The molecule has 0 radical (unpaired) electrons. The topological polar surface area (TPSA) is 49.3 Å². The molecule has 1 saturated carbocycles. The third-order valence-electron chi connectivity index (χ3n) is 3.55. The molecule has 19 heavy (non-hydrogen) atoms. The van der Waals surface area contributed by atoms with Crippen LogP contribution in [0.5, 0.6) is 0 Å². The van der Waals surface area contributed by atoms with Crippen LogP contribution >= 0.6 is 11.3 Å². The van der Waals surface area contributed by atoms with Crippen molar-refractivity contribution in [3.8, 4) is 11.8 Å². The SMILES string of the molecule is CC(NC(=O)c1sccc1C#CCCO)C1CCC1. The molecule has 1 atom stereocenters. The van der Waals surface area contributed by atoms with Crippen molar-refractivity contribution in [1.82, 2.24) is 5.32 Å². The number of thiophene rings is 1. The molecule has 1 aromatic heterocycles. The zero-order chi connectivity index (χ0) is 13.7. The minimum Gasteiger partial charge on any atom is -0.395 e. The Morgan fingerprint density at radius 2 is 2.42 bits per heavy atom. The van der Waals surface area contributed by atoms with Crippen molar-refractivity contribution in [1.29, 1.82) is 0 Å². The number of aliphatic hydroxyl groups excluding tert-OH is 1. The van der Waals surface area contributed by atoms with Gasteiger partial charge >= 0.3 is 0 Å². The fourth-order valence-corrected chi connectivity index (χ4v) is 2.88. The summed E-state index contributed by atoms with van der Waals surface area (Å²) in [5.74, 6) is 6.41. The highest BCUT2D eigenvalue weighted by molar-refractivity contribution is 7.12. The second kappa shape index (κ2) is 6.74. The number of hydrogen-bond donors (Lipinski definition) is 2. The summed E-state index contributed by atoms with van der Waals surface area (Å²) in [5.41, 5.74) is 0.761. The molecule has 0 aromatic carbocycles. The van der Waals surface area contributed by atoms with Crippen molar-refractivity contribution in [3.05, 3.63) is 21.9 Å². The fraction of sp³-hybridized carbons (Fsp3) is 0.533. The third-order valence-corrected chi connectivity index (χ3v) is 4.46. The Kier molecular flexibility index (Phi) is 5.00. The lowest BCUT2D eigenvalue weighted by molar-refractivity contribution is 0.0913. The van der Waals surface area contributed by atoms with Gasteiger partial charge in [-0.3, -0.25) is 4.79 Å². The van der Waals surface area contributed by atoms with Gasteiger partial charge in [0.15, 0.2) is 0 Å². The van der Waals surface area contributed by atoms with Gasteiger partial charge in [-0.15, -0.1) is 11.3 Å². The van der Waals surface area contributed by atoms with Crippen LogP contribution in [0.2, 0.25) is 0 Å². The Hall–Kier alpha value is -1.31. The summed E-state index contributed by atoms with van der Waals surface area (Å²) in [7, 11) is 0. The summed E-state index contributed by atoms with van der Waals surface area (Å²) in [6.07, 6.45) is 4.15. The van der Waals surface area contributed by atoms with Gasteiger partial charge in [-0.2, -0.15) is 0 Å². The van der Waals surface area contributed by atoms with E-state index in [0.717, 1.165) is 5.56 Å². The smallest absolute Gasteiger partial charge is 0.262 e. The number of amides is 1. The molecular weight excluding hydrogens is 258 g/mol. The molecule has 1 unspecified atom stereocenters. The molecule has 0 saturated heterocycles. The Morgan fingerprint density at radius 3 is 3.05 bits per heavy atom. The van der Waals surface area contributed by atoms with Gasteiger partial charge in [0.25, 0.3) is 5.91 Å². The summed E-state index contributed by atoms with van der Waals surface area (Å²) in [5, 5.41) is 13.7. The predicted molar refractivity (Wildman–Crippen MR) is 77.2 cm³/mol. The van der Waals surface area contributed by atoms with E-state index in [1.165, 1.54) is 30.6 Å². The van der Waals surface area contributed by atoms with E-state index in [0.29, 0.717) is 17.2 Å². The molecule has 1 aliphatic rings. The summed E-state index contributed by atoms with van der Waals surface area (Å²) < 4.78 is 0. The lowest BCUT2D eigenvalue weighted by Crippen LogP contribution is -2.40. The first-order chi connectivity index (χ1) is 9.22. The second-order valence-corrected chi connectivity index (χ2v) is 5.81. The van der Waals surface area contributed by atoms with Crippen LogP contribution in [0.25, 0.3) is 0 Å². The minimum absolute atomic E-state index is 0.0253. The van der Waals surface area contributed by atoms with Gasteiger partial charge in [0.2, 0.25) is 0 Å². The number of nitrogens with one attached hydrogen (secondary N) is 1. The molecule has 102 valence electrons. The molecule has 0 spiro atoms. The largest absolute Gasteiger partial charge is 0.395 e. The first kappa shape index (κ1) is 14.1. The number of carbonyl (C=O) groups is 1. The monoisotopic (exact) mass is 277 g/mol. The second-order valence-electron chi connectivity index (χ2n) is 4.89. The van der Waals surface area contributed by atoms with Crippen molar-refractivity contribution in [2.75, 3.05) is 6.61 Å². The molecule has 1 amide bonds. The molecular formula is C15H19NO2S. The first-order valence-corrected chi connectivity index (χ1v) is 7.58. The van der Waals surface area contributed by atoms with Crippen LogP contribution < -0.4 is 5.32 Å². The Morgan fingerprint density at radius 1 is 1.63 bits per heavy atom. The lowest BCUT2D eigenvalue weighted by Gasteiger charge is -2.31. The normalized spacial score (nSPS) is 16.1. The molecule has 0 bridgehead atoms. The van der Waals surface area contributed by atoms with E-state index >= 15 is 0 Å². The first-order valence-electron chi connectivity index (χ1n) is 6.70. The molecule has 0 aliphatic heterocycles. The number of aliphatic hydroxyl groups is 1. The molecule has 4 heteroatoms. The Bertz CT molecular complexity index is 494. The van der Waals surface area contributed by atoms with Gasteiger partial charge in [-0.05, 0) is 37.1 Å². The van der Waals surface area contributed by atoms with E-state index in [2.05, 4.69) is 24.1 Å². The van der Waals surface area contributed by atoms with Crippen LogP contribution in [0.3, 0.4) is 0 Å². The Balaban J connectivity index is 1.99. The fourth-order valence-electron chi connectivity index (χ4n) is 2.13. The van der Waals surface area contributed by atoms with Crippen molar-refractivity contribution in [2.45, 2.75) is 38.6 Å². The van der Waals surface area contributed by atoms with Gasteiger partial charge in [-0.1, -0.05) is 18.3 Å². The van der Waals surface area contributed by atoms with Crippen LogP contribution in [-0.4, -0.2) is 23.7 Å². The lowest BCUT2D eigenvalue weighted by atomic mass is 9.80. The van der Waals surface area contributed by atoms with E-state index in [-0.39, 0.29) is 18.6 Å². The molecule has 2 N–H and O–H groups in total. The zero-order valence-electron chi connectivity index (χ0n) is 11.1. The average molecular weight is 277 g/mol. The standard InChI is InChI=1S/C15H19NO2S/c1-11(12-6-4-7-12)16-15(18)14-13(8-10-19-14)5-2-3-9-17/h8,10-12,17H,3-4,6-7,9H2,1H3,(H,16,18). The van der Waals surface area contributed by atoms with Crippen molar-refractivity contribution in [3.63, 3.8) is 0 Å². The minimum atomic E-state index is -0.0253. The zero-order valence-corrected chi connectivity index (χ0v) is 11.9. The summed E-state index contributed by atoms with van der Waals surface area (Å²) in [4.78, 5) is 12.9. The predicted octanol–water partition coefficient (Wildman–Crippen LogP) is 2.40. The van der Waals surface area contributed by atoms with Crippen LogP contribution in [0.4, 0.5) is 0 Å². The Labute approximate surface area is 118 Å². The number of hydrogen-bond acceptors (Lipinski definition) is 3. The number of carbonyl (C=O) groups excluding carboxylic acids is 1. The van der Waals surface area contributed by atoms with E-state index < -0.39 is 0 Å². The number of rotatable bonds is 4. The van der Waals surface area contributed by atoms with Crippen LogP contribution in [0.1, 0.15) is 47.8 Å². The van der Waals surface area contributed by atoms with Crippen LogP contribution in [0.15, 0.2) is 11.4 Å². The highest BCUT2D eigenvalue weighted by Gasteiger charge is 2.26. The maximum atomic E-state index is 12.2.